The van der Waals surface area contributed by atoms with Gasteiger partial charge in [0.2, 0.25) is 5.28 Å². The summed E-state index contributed by atoms with van der Waals surface area (Å²) < 4.78 is 0. The molecule has 3 rings (SSSR count). The molecule has 3 nitrogen and oxygen atoms in total. The first-order chi connectivity index (χ1) is 9.78. The van der Waals surface area contributed by atoms with Crippen LogP contribution in [0.3, 0.4) is 0 Å². The summed E-state index contributed by atoms with van der Waals surface area (Å²) in [5.74, 6) is 3.94. The summed E-state index contributed by atoms with van der Waals surface area (Å²) in [6, 6.07) is 8.13. The van der Waals surface area contributed by atoms with Crippen molar-refractivity contribution < 1.29 is 0 Å². The molecule has 0 aliphatic heterocycles. The highest BCUT2D eigenvalue weighted by Gasteiger charge is 2.24. The van der Waals surface area contributed by atoms with Crippen LogP contribution in [0.1, 0.15) is 25.7 Å². The number of benzene rings is 1. The predicted molar refractivity (Wildman–Crippen MR) is 82.7 cm³/mol. The van der Waals surface area contributed by atoms with Gasteiger partial charge in [0.1, 0.15) is 5.82 Å². The molecule has 20 heavy (non-hydrogen) atoms. The third-order valence-electron chi connectivity index (χ3n) is 3.88. The lowest BCUT2D eigenvalue weighted by Gasteiger charge is -2.29. The molecule has 2 unspecified atom stereocenters. The van der Waals surface area contributed by atoms with Gasteiger partial charge in [-0.25, -0.2) is 9.97 Å². The summed E-state index contributed by atoms with van der Waals surface area (Å²) >= 11 is 6.01. The van der Waals surface area contributed by atoms with E-state index in [2.05, 4.69) is 21.2 Å². The summed E-state index contributed by atoms with van der Waals surface area (Å²) in [5.41, 5.74) is 0.850. The van der Waals surface area contributed by atoms with Crippen LogP contribution in [0.5, 0.6) is 0 Å². The molecule has 0 bridgehead atoms. The van der Waals surface area contributed by atoms with Gasteiger partial charge in [-0.3, -0.25) is 0 Å². The number of nitrogens with one attached hydrogen (secondary N) is 1. The topological polar surface area (TPSA) is 37.8 Å². The van der Waals surface area contributed by atoms with Gasteiger partial charge in [0.25, 0.3) is 0 Å². The van der Waals surface area contributed by atoms with Gasteiger partial charge in [0, 0.05) is 17.3 Å². The first-order valence-electron chi connectivity index (χ1n) is 6.93. The minimum absolute atomic E-state index is 0.260. The van der Waals surface area contributed by atoms with Crippen LogP contribution in [-0.4, -0.2) is 16.0 Å². The first kappa shape index (κ1) is 13.2. The second-order valence-electron chi connectivity index (χ2n) is 5.17. The molecule has 0 radical (unpaired) electrons. The molecule has 1 aliphatic carbocycles. The maximum Gasteiger partial charge on any atom is 0.224 e. The van der Waals surface area contributed by atoms with Gasteiger partial charge in [-0.2, -0.15) is 0 Å². The fourth-order valence-electron chi connectivity index (χ4n) is 2.84. The molecular weight excluding hydrogens is 270 g/mol. The van der Waals surface area contributed by atoms with Crippen LogP contribution in [0, 0.1) is 18.3 Å². The summed E-state index contributed by atoms with van der Waals surface area (Å²) in [6.45, 7) is 0. The highest BCUT2D eigenvalue weighted by molar-refractivity contribution is 6.28. The van der Waals surface area contributed by atoms with Crippen molar-refractivity contribution in [1.29, 1.82) is 0 Å². The number of nitrogens with zero attached hydrogens (tertiary/aromatic N) is 2. The molecule has 1 aromatic heterocycles. The Kier molecular flexibility index (Phi) is 3.75. The van der Waals surface area contributed by atoms with Crippen molar-refractivity contribution in [2.75, 3.05) is 5.32 Å². The number of fused-ring (bicyclic) bond motifs is 1. The van der Waals surface area contributed by atoms with Crippen LogP contribution in [-0.2, 0) is 0 Å². The van der Waals surface area contributed by atoms with Crippen LogP contribution in [0.2, 0.25) is 5.28 Å². The largest absolute Gasteiger partial charge is 0.365 e. The Morgan fingerprint density at radius 1 is 1.20 bits per heavy atom. The van der Waals surface area contributed by atoms with Crippen LogP contribution in [0.15, 0.2) is 24.3 Å². The normalized spacial score (nSPS) is 22.4. The van der Waals surface area contributed by atoms with E-state index in [1.807, 2.05) is 24.3 Å². The van der Waals surface area contributed by atoms with E-state index in [1.165, 1.54) is 12.8 Å². The Bertz CT molecular complexity index is 662. The minimum atomic E-state index is 0.260. The maximum absolute atomic E-state index is 6.01. The molecule has 4 heteroatoms. The van der Waals surface area contributed by atoms with E-state index in [0.29, 0.717) is 0 Å². The lowest BCUT2D eigenvalue weighted by molar-refractivity contribution is 0.391. The van der Waals surface area contributed by atoms with Crippen molar-refractivity contribution in [3.63, 3.8) is 0 Å². The van der Waals surface area contributed by atoms with E-state index in [1.54, 1.807) is 0 Å². The van der Waals surface area contributed by atoms with Gasteiger partial charge >= 0.3 is 0 Å². The third kappa shape index (κ3) is 2.57. The van der Waals surface area contributed by atoms with Gasteiger partial charge in [-0.15, -0.1) is 12.3 Å². The standard InChI is InChI=1S/C16H16ClN3/c1-2-11-7-3-5-9-13(11)18-15-12-8-4-6-10-14(12)19-16(17)20-15/h1,4,6,8,10-11,13H,3,5,7,9H2,(H,18,19,20). The highest BCUT2D eigenvalue weighted by Crippen LogP contribution is 2.29. The van der Waals surface area contributed by atoms with Crippen molar-refractivity contribution >= 4 is 28.3 Å². The van der Waals surface area contributed by atoms with Gasteiger partial charge < -0.3 is 5.32 Å². The predicted octanol–water partition coefficient (Wildman–Crippen LogP) is 3.89. The molecule has 1 aliphatic rings. The van der Waals surface area contributed by atoms with E-state index in [0.717, 1.165) is 29.6 Å². The average Bonchev–Trinajstić information content (AvgIpc) is 2.47. The molecule has 1 aromatic carbocycles. The van der Waals surface area contributed by atoms with E-state index in [-0.39, 0.29) is 17.2 Å². The van der Waals surface area contributed by atoms with E-state index < -0.39 is 0 Å². The van der Waals surface area contributed by atoms with E-state index >= 15 is 0 Å². The summed E-state index contributed by atoms with van der Waals surface area (Å²) in [4.78, 5) is 8.58. The number of para-hydroxylation sites is 1. The first-order valence-corrected chi connectivity index (χ1v) is 7.30. The second-order valence-corrected chi connectivity index (χ2v) is 5.50. The zero-order valence-corrected chi connectivity index (χ0v) is 11.9. The summed E-state index contributed by atoms with van der Waals surface area (Å²) in [7, 11) is 0. The molecule has 1 heterocycles. The van der Waals surface area contributed by atoms with E-state index in [9.17, 15) is 0 Å². The van der Waals surface area contributed by atoms with Crippen LogP contribution >= 0.6 is 11.6 Å². The Hall–Kier alpha value is -1.79. The van der Waals surface area contributed by atoms with Crippen molar-refractivity contribution in [2.24, 2.45) is 5.92 Å². The van der Waals surface area contributed by atoms with Crippen LogP contribution in [0.25, 0.3) is 10.9 Å². The zero-order valence-electron chi connectivity index (χ0n) is 11.1. The lowest BCUT2D eigenvalue weighted by Crippen LogP contribution is -2.31. The van der Waals surface area contributed by atoms with Gasteiger partial charge in [0.05, 0.1) is 5.52 Å². The van der Waals surface area contributed by atoms with Crippen LogP contribution in [0.4, 0.5) is 5.82 Å². The molecule has 0 amide bonds. The van der Waals surface area contributed by atoms with Crippen LogP contribution < -0.4 is 5.32 Å². The quantitative estimate of drug-likeness (QED) is 0.672. The van der Waals surface area contributed by atoms with E-state index in [4.69, 9.17) is 18.0 Å². The number of hydrogen-bond donors (Lipinski definition) is 1. The Labute approximate surface area is 123 Å². The molecular formula is C16H16ClN3. The average molecular weight is 286 g/mol. The Morgan fingerprint density at radius 3 is 2.85 bits per heavy atom. The molecule has 1 fully saturated rings. The maximum atomic E-state index is 6.01. The monoisotopic (exact) mass is 285 g/mol. The third-order valence-corrected chi connectivity index (χ3v) is 4.05. The second kappa shape index (κ2) is 5.68. The summed E-state index contributed by atoms with van der Waals surface area (Å²) in [5, 5.41) is 4.74. The van der Waals surface area contributed by atoms with Crippen molar-refractivity contribution in [2.45, 2.75) is 31.7 Å². The molecule has 0 spiro atoms. The SMILES string of the molecule is C#CC1CCCCC1Nc1nc(Cl)nc2ccccc12. The van der Waals surface area contributed by atoms with Gasteiger partial charge in [-0.1, -0.05) is 25.0 Å². The number of rotatable bonds is 2. The number of halogens is 1. The van der Waals surface area contributed by atoms with Crippen molar-refractivity contribution in [3.8, 4) is 12.3 Å². The molecule has 102 valence electrons. The number of hydrogen-bond acceptors (Lipinski definition) is 3. The molecule has 1 N–H and O–H groups in total. The smallest absolute Gasteiger partial charge is 0.224 e. The number of anilines is 1. The fraction of sp³-hybridized carbons (Fsp3) is 0.375. The van der Waals surface area contributed by atoms with Gasteiger partial charge in [-0.05, 0) is 36.6 Å². The summed E-state index contributed by atoms with van der Waals surface area (Å²) in [6.07, 6.45) is 10.2. The number of aromatic nitrogens is 2. The fourth-order valence-corrected chi connectivity index (χ4v) is 3.01. The van der Waals surface area contributed by atoms with Crippen molar-refractivity contribution in [1.82, 2.24) is 9.97 Å². The Balaban J connectivity index is 1.96. The molecule has 0 saturated heterocycles. The zero-order chi connectivity index (χ0) is 13.9. The van der Waals surface area contributed by atoms with Gasteiger partial charge in [0.15, 0.2) is 0 Å². The minimum Gasteiger partial charge on any atom is -0.365 e. The van der Waals surface area contributed by atoms with Crippen molar-refractivity contribution in [3.05, 3.63) is 29.5 Å². The molecule has 2 atom stereocenters. The highest BCUT2D eigenvalue weighted by atomic mass is 35.5. The number of terminal acetylenes is 1. The Morgan fingerprint density at radius 2 is 2.00 bits per heavy atom. The molecule has 1 saturated carbocycles. The molecule has 2 aromatic rings. The lowest BCUT2D eigenvalue weighted by atomic mass is 9.85.